The van der Waals surface area contributed by atoms with Gasteiger partial charge in [0, 0.05) is 6.07 Å². The third-order valence-electron chi connectivity index (χ3n) is 2.10. The van der Waals surface area contributed by atoms with Crippen molar-refractivity contribution in [3.8, 4) is 5.75 Å². The number of hydrogen-bond donors (Lipinski definition) is 1. The first-order valence-corrected chi connectivity index (χ1v) is 5.59. The Morgan fingerprint density at radius 1 is 1.31 bits per heavy atom. The zero-order valence-corrected chi connectivity index (χ0v) is 10.5. The topological polar surface area (TPSA) is 52.3 Å². The molecule has 0 aromatic heterocycles. The van der Waals surface area contributed by atoms with Crippen LogP contribution in [0.5, 0.6) is 5.75 Å². The van der Waals surface area contributed by atoms with Gasteiger partial charge in [0.1, 0.15) is 11.8 Å². The molecule has 0 heterocycles. The SMILES string of the molecule is CC(C)C(N)C(=O)Oc1ccc(Cl)c(Cl)c1. The first kappa shape index (κ1) is 13.3. The summed E-state index contributed by atoms with van der Waals surface area (Å²) in [5.74, 6) is -0.112. The molecule has 3 nitrogen and oxygen atoms in total. The maximum atomic E-state index is 11.5. The number of ether oxygens (including phenoxy) is 1. The number of nitrogens with two attached hydrogens (primary N) is 1. The molecule has 0 amide bonds. The molecule has 88 valence electrons. The van der Waals surface area contributed by atoms with Crippen LogP contribution in [-0.2, 0) is 4.79 Å². The predicted octanol–water partition coefficient (Wildman–Crippen LogP) is 2.88. The fourth-order valence-corrected chi connectivity index (χ4v) is 1.28. The van der Waals surface area contributed by atoms with Crippen molar-refractivity contribution in [3.63, 3.8) is 0 Å². The fourth-order valence-electron chi connectivity index (χ4n) is 0.997. The van der Waals surface area contributed by atoms with E-state index < -0.39 is 12.0 Å². The van der Waals surface area contributed by atoms with E-state index in [-0.39, 0.29) is 5.92 Å². The van der Waals surface area contributed by atoms with E-state index in [4.69, 9.17) is 33.7 Å². The minimum Gasteiger partial charge on any atom is -0.425 e. The first-order chi connectivity index (χ1) is 7.41. The number of carbonyl (C=O) groups is 1. The Morgan fingerprint density at radius 2 is 1.94 bits per heavy atom. The van der Waals surface area contributed by atoms with Crippen LogP contribution in [-0.4, -0.2) is 12.0 Å². The molecule has 2 N–H and O–H groups in total. The number of carbonyl (C=O) groups excluding carboxylic acids is 1. The monoisotopic (exact) mass is 261 g/mol. The highest BCUT2D eigenvalue weighted by Gasteiger charge is 2.19. The molecular weight excluding hydrogens is 249 g/mol. The van der Waals surface area contributed by atoms with Crippen molar-refractivity contribution in [1.29, 1.82) is 0 Å². The number of esters is 1. The second-order valence-corrected chi connectivity index (χ2v) is 4.58. The molecule has 0 radical (unpaired) electrons. The van der Waals surface area contributed by atoms with Crippen molar-refractivity contribution in [2.75, 3.05) is 0 Å². The first-order valence-electron chi connectivity index (χ1n) is 4.84. The Kier molecular flexibility index (Phi) is 4.59. The van der Waals surface area contributed by atoms with Crippen LogP contribution in [0.4, 0.5) is 0 Å². The zero-order chi connectivity index (χ0) is 12.3. The highest BCUT2D eigenvalue weighted by molar-refractivity contribution is 6.42. The van der Waals surface area contributed by atoms with Crippen LogP contribution < -0.4 is 10.5 Å². The molecule has 1 aromatic carbocycles. The van der Waals surface area contributed by atoms with E-state index >= 15 is 0 Å². The minimum absolute atomic E-state index is 0.0234. The van der Waals surface area contributed by atoms with Gasteiger partial charge >= 0.3 is 5.97 Å². The normalized spacial score (nSPS) is 12.6. The second kappa shape index (κ2) is 5.53. The van der Waals surface area contributed by atoms with Gasteiger partial charge in [0.25, 0.3) is 0 Å². The van der Waals surface area contributed by atoms with E-state index in [1.807, 2.05) is 13.8 Å². The average molecular weight is 262 g/mol. The lowest BCUT2D eigenvalue weighted by molar-refractivity contribution is -0.136. The van der Waals surface area contributed by atoms with Gasteiger partial charge in [0.15, 0.2) is 0 Å². The largest absolute Gasteiger partial charge is 0.425 e. The van der Waals surface area contributed by atoms with E-state index in [1.54, 1.807) is 12.1 Å². The van der Waals surface area contributed by atoms with E-state index in [2.05, 4.69) is 0 Å². The van der Waals surface area contributed by atoms with E-state index in [0.29, 0.717) is 15.8 Å². The minimum atomic E-state index is -0.644. The molecule has 0 aliphatic heterocycles. The molecule has 0 fully saturated rings. The van der Waals surface area contributed by atoms with Crippen LogP contribution in [0.2, 0.25) is 10.0 Å². The number of rotatable bonds is 3. The van der Waals surface area contributed by atoms with Crippen LogP contribution in [0.25, 0.3) is 0 Å². The summed E-state index contributed by atoms with van der Waals surface area (Å²) in [5, 5.41) is 0.750. The lowest BCUT2D eigenvalue weighted by Gasteiger charge is -2.14. The second-order valence-electron chi connectivity index (χ2n) is 3.77. The molecule has 0 saturated carbocycles. The van der Waals surface area contributed by atoms with Crippen LogP contribution in [0.3, 0.4) is 0 Å². The van der Waals surface area contributed by atoms with Gasteiger partial charge in [-0.2, -0.15) is 0 Å². The molecule has 0 aliphatic rings. The van der Waals surface area contributed by atoms with Crippen molar-refractivity contribution in [1.82, 2.24) is 0 Å². The quantitative estimate of drug-likeness (QED) is 0.673. The summed E-state index contributed by atoms with van der Waals surface area (Å²) in [7, 11) is 0. The highest BCUT2D eigenvalue weighted by atomic mass is 35.5. The summed E-state index contributed by atoms with van der Waals surface area (Å²) in [4.78, 5) is 11.5. The number of hydrogen-bond acceptors (Lipinski definition) is 3. The maximum Gasteiger partial charge on any atom is 0.328 e. The van der Waals surface area contributed by atoms with E-state index in [1.165, 1.54) is 6.07 Å². The molecule has 0 aliphatic carbocycles. The van der Waals surface area contributed by atoms with Crippen molar-refractivity contribution in [2.24, 2.45) is 11.7 Å². The molecule has 1 aromatic rings. The summed E-state index contributed by atoms with van der Waals surface area (Å²) in [6.45, 7) is 3.70. The summed E-state index contributed by atoms with van der Waals surface area (Å²) >= 11 is 11.5. The van der Waals surface area contributed by atoms with Crippen molar-refractivity contribution in [2.45, 2.75) is 19.9 Å². The molecule has 1 atom stereocenters. The van der Waals surface area contributed by atoms with Gasteiger partial charge in [-0.15, -0.1) is 0 Å². The number of benzene rings is 1. The average Bonchev–Trinajstić information content (AvgIpc) is 2.22. The van der Waals surface area contributed by atoms with Crippen molar-refractivity contribution >= 4 is 29.2 Å². The standard InChI is InChI=1S/C11H13Cl2NO2/c1-6(2)10(14)11(15)16-7-3-4-8(12)9(13)5-7/h3-6,10H,14H2,1-2H3. The van der Waals surface area contributed by atoms with Gasteiger partial charge in [0.2, 0.25) is 0 Å². The molecule has 5 heteroatoms. The van der Waals surface area contributed by atoms with Crippen molar-refractivity contribution < 1.29 is 9.53 Å². The Balaban J connectivity index is 2.74. The Morgan fingerprint density at radius 3 is 2.44 bits per heavy atom. The van der Waals surface area contributed by atoms with Crippen LogP contribution in [0.15, 0.2) is 18.2 Å². The predicted molar refractivity (Wildman–Crippen MR) is 64.9 cm³/mol. The molecule has 1 unspecified atom stereocenters. The van der Waals surface area contributed by atoms with Crippen molar-refractivity contribution in [3.05, 3.63) is 28.2 Å². The third-order valence-corrected chi connectivity index (χ3v) is 2.84. The van der Waals surface area contributed by atoms with Gasteiger partial charge in [-0.1, -0.05) is 37.0 Å². The Bertz CT molecular complexity index is 394. The Labute approximate surface area is 104 Å². The van der Waals surface area contributed by atoms with E-state index in [9.17, 15) is 4.79 Å². The van der Waals surface area contributed by atoms with Gasteiger partial charge in [0.05, 0.1) is 10.0 Å². The molecule has 0 spiro atoms. The van der Waals surface area contributed by atoms with Gasteiger partial charge < -0.3 is 10.5 Å². The Hall–Kier alpha value is -0.770. The molecule has 0 bridgehead atoms. The summed E-state index contributed by atoms with van der Waals surface area (Å²) in [6, 6.07) is 3.97. The van der Waals surface area contributed by atoms with Gasteiger partial charge in [-0.25, -0.2) is 4.79 Å². The van der Waals surface area contributed by atoms with E-state index in [0.717, 1.165) is 0 Å². The lowest BCUT2D eigenvalue weighted by atomic mass is 10.1. The summed E-state index contributed by atoms with van der Waals surface area (Å²) in [6.07, 6.45) is 0. The third kappa shape index (κ3) is 3.37. The maximum absolute atomic E-state index is 11.5. The smallest absolute Gasteiger partial charge is 0.328 e. The van der Waals surface area contributed by atoms with Crippen LogP contribution in [0.1, 0.15) is 13.8 Å². The molecule has 1 rings (SSSR count). The lowest BCUT2D eigenvalue weighted by Crippen LogP contribution is -2.38. The number of halogens is 2. The molecule has 16 heavy (non-hydrogen) atoms. The zero-order valence-electron chi connectivity index (χ0n) is 9.04. The summed E-state index contributed by atoms with van der Waals surface area (Å²) < 4.78 is 5.07. The van der Waals surface area contributed by atoms with Gasteiger partial charge in [-0.05, 0) is 18.1 Å². The highest BCUT2D eigenvalue weighted by Crippen LogP contribution is 2.26. The van der Waals surface area contributed by atoms with Gasteiger partial charge in [-0.3, -0.25) is 0 Å². The molecule has 0 saturated heterocycles. The fraction of sp³-hybridized carbons (Fsp3) is 0.364. The summed E-state index contributed by atoms with van der Waals surface area (Å²) in [5.41, 5.74) is 5.64. The molecular formula is C11H13Cl2NO2. The van der Waals surface area contributed by atoms with Crippen LogP contribution >= 0.6 is 23.2 Å². The van der Waals surface area contributed by atoms with Crippen LogP contribution in [0, 0.1) is 5.92 Å².